The zero-order valence-corrected chi connectivity index (χ0v) is 9.57. The van der Waals surface area contributed by atoms with Gasteiger partial charge in [0.1, 0.15) is 0 Å². The maximum atomic E-state index is 11.4. The molecule has 14 heavy (non-hydrogen) atoms. The van der Waals surface area contributed by atoms with E-state index in [0.717, 1.165) is 6.42 Å². The molecule has 1 aliphatic carbocycles. The Morgan fingerprint density at radius 2 is 1.93 bits per heavy atom. The van der Waals surface area contributed by atoms with Crippen LogP contribution in [0, 0.1) is 0 Å². The minimum atomic E-state index is -2.76. The number of hydrogen-bond donors (Lipinski definition) is 1. The van der Waals surface area contributed by atoms with Gasteiger partial charge in [-0.2, -0.15) is 0 Å². The molecule has 0 aromatic carbocycles. The van der Waals surface area contributed by atoms with Crippen LogP contribution in [0.5, 0.6) is 0 Å². The van der Waals surface area contributed by atoms with Crippen molar-refractivity contribution in [3.63, 3.8) is 0 Å². The lowest BCUT2D eigenvalue weighted by atomic mass is 10.00. The summed E-state index contributed by atoms with van der Waals surface area (Å²) in [6.45, 7) is 2.05. The molecule has 82 valence electrons. The predicted octanol–water partition coefficient (Wildman–Crippen LogP) is 1.10. The number of rotatable bonds is 2. The van der Waals surface area contributed by atoms with E-state index in [1.807, 2.05) is 0 Å². The van der Waals surface area contributed by atoms with E-state index in [0.29, 0.717) is 17.5 Å². The minimum Gasteiger partial charge on any atom is -0.308 e. The molecule has 1 saturated heterocycles. The van der Waals surface area contributed by atoms with E-state index in [1.54, 1.807) is 0 Å². The standard InChI is InChI=1S/C10H19NO2S/c1-10(6-7-14(12,13)8-10)11-9-4-2-3-5-9/h9,11H,2-8H2,1H3. The third kappa shape index (κ3) is 2.28. The molecule has 0 bridgehead atoms. The van der Waals surface area contributed by atoms with Crippen molar-refractivity contribution in [1.29, 1.82) is 0 Å². The topological polar surface area (TPSA) is 46.2 Å². The fourth-order valence-electron chi connectivity index (χ4n) is 2.69. The van der Waals surface area contributed by atoms with Crippen LogP contribution < -0.4 is 5.32 Å². The van der Waals surface area contributed by atoms with Crippen LogP contribution in [-0.2, 0) is 9.84 Å². The molecule has 2 aliphatic rings. The van der Waals surface area contributed by atoms with E-state index < -0.39 is 9.84 Å². The van der Waals surface area contributed by atoms with Gasteiger partial charge in [-0.25, -0.2) is 8.42 Å². The lowest BCUT2D eigenvalue weighted by molar-refractivity contribution is 0.341. The Morgan fingerprint density at radius 1 is 1.29 bits per heavy atom. The molecule has 0 spiro atoms. The summed E-state index contributed by atoms with van der Waals surface area (Å²) in [5.74, 6) is 0.694. The monoisotopic (exact) mass is 217 g/mol. The molecule has 0 amide bonds. The summed E-state index contributed by atoms with van der Waals surface area (Å²) in [5.41, 5.74) is -0.145. The molecule has 2 fully saturated rings. The Kier molecular flexibility index (Phi) is 2.60. The van der Waals surface area contributed by atoms with Crippen LogP contribution in [0.4, 0.5) is 0 Å². The van der Waals surface area contributed by atoms with Crippen molar-refractivity contribution in [3.05, 3.63) is 0 Å². The highest BCUT2D eigenvalue weighted by molar-refractivity contribution is 7.91. The van der Waals surface area contributed by atoms with Crippen LogP contribution in [-0.4, -0.2) is 31.5 Å². The maximum Gasteiger partial charge on any atom is 0.152 e. The average molecular weight is 217 g/mol. The molecule has 1 unspecified atom stereocenters. The normalized spacial score (nSPS) is 37.8. The molecular formula is C10H19NO2S. The van der Waals surface area contributed by atoms with Crippen molar-refractivity contribution >= 4 is 9.84 Å². The Balaban J connectivity index is 1.96. The first-order valence-electron chi connectivity index (χ1n) is 5.47. The summed E-state index contributed by atoms with van der Waals surface area (Å²) in [4.78, 5) is 0. The second-order valence-electron chi connectivity index (χ2n) is 5.03. The molecule has 0 aromatic heterocycles. The first kappa shape index (κ1) is 10.4. The second-order valence-corrected chi connectivity index (χ2v) is 7.21. The summed E-state index contributed by atoms with van der Waals surface area (Å²) < 4.78 is 22.8. The van der Waals surface area contributed by atoms with Gasteiger partial charge in [0, 0.05) is 11.6 Å². The molecule has 0 radical (unpaired) electrons. The van der Waals surface area contributed by atoms with E-state index in [-0.39, 0.29) is 5.54 Å². The van der Waals surface area contributed by atoms with Crippen LogP contribution in [0.3, 0.4) is 0 Å². The van der Waals surface area contributed by atoms with Gasteiger partial charge >= 0.3 is 0 Å². The fourth-order valence-corrected chi connectivity index (χ4v) is 4.79. The lowest BCUT2D eigenvalue weighted by Crippen LogP contribution is -2.48. The van der Waals surface area contributed by atoms with Gasteiger partial charge in [0.15, 0.2) is 9.84 Å². The quantitative estimate of drug-likeness (QED) is 0.753. The van der Waals surface area contributed by atoms with Crippen molar-refractivity contribution in [3.8, 4) is 0 Å². The molecule has 1 N–H and O–H groups in total. The van der Waals surface area contributed by atoms with E-state index in [4.69, 9.17) is 0 Å². The highest BCUT2D eigenvalue weighted by Crippen LogP contribution is 2.27. The molecule has 3 nitrogen and oxygen atoms in total. The van der Waals surface area contributed by atoms with Gasteiger partial charge < -0.3 is 5.32 Å². The lowest BCUT2D eigenvalue weighted by Gasteiger charge is -2.28. The zero-order valence-electron chi connectivity index (χ0n) is 8.75. The molecule has 0 aromatic rings. The second kappa shape index (κ2) is 3.49. The molecule has 2 rings (SSSR count). The van der Waals surface area contributed by atoms with Crippen molar-refractivity contribution < 1.29 is 8.42 Å². The summed E-state index contributed by atoms with van der Waals surface area (Å²) >= 11 is 0. The van der Waals surface area contributed by atoms with Gasteiger partial charge in [0.2, 0.25) is 0 Å². The van der Waals surface area contributed by atoms with Crippen LogP contribution in [0.2, 0.25) is 0 Å². The average Bonchev–Trinajstić information content (AvgIpc) is 2.60. The highest BCUT2D eigenvalue weighted by Gasteiger charge is 2.39. The van der Waals surface area contributed by atoms with E-state index in [1.165, 1.54) is 25.7 Å². The summed E-state index contributed by atoms with van der Waals surface area (Å²) in [7, 11) is -2.76. The van der Waals surface area contributed by atoms with E-state index in [9.17, 15) is 8.42 Å². The first-order chi connectivity index (χ1) is 6.49. The number of nitrogens with one attached hydrogen (secondary N) is 1. The first-order valence-corrected chi connectivity index (χ1v) is 7.29. The third-order valence-electron chi connectivity index (χ3n) is 3.41. The molecule has 1 saturated carbocycles. The van der Waals surface area contributed by atoms with Crippen LogP contribution in [0.15, 0.2) is 0 Å². The van der Waals surface area contributed by atoms with Gasteiger partial charge in [0.25, 0.3) is 0 Å². The maximum absolute atomic E-state index is 11.4. The van der Waals surface area contributed by atoms with Crippen molar-refractivity contribution in [2.75, 3.05) is 11.5 Å². The molecule has 1 heterocycles. The molecule has 1 atom stereocenters. The van der Waals surface area contributed by atoms with Gasteiger partial charge in [-0.1, -0.05) is 12.8 Å². The van der Waals surface area contributed by atoms with Crippen LogP contribution in [0.1, 0.15) is 39.0 Å². The van der Waals surface area contributed by atoms with Gasteiger partial charge in [-0.15, -0.1) is 0 Å². The summed E-state index contributed by atoms with van der Waals surface area (Å²) in [6.07, 6.45) is 5.80. The van der Waals surface area contributed by atoms with Gasteiger partial charge in [0.05, 0.1) is 11.5 Å². The van der Waals surface area contributed by atoms with Crippen LogP contribution in [0.25, 0.3) is 0 Å². The summed E-state index contributed by atoms with van der Waals surface area (Å²) in [5, 5.41) is 3.53. The van der Waals surface area contributed by atoms with Gasteiger partial charge in [-0.05, 0) is 26.2 Å². The number of hydrogen-bond acceptors (Lipinski definition) is 3. The van der Waals surface area contributed by atoms with Crippen molar-refractivity contribution in [2.45, 2.75) is 50.6 Å². The van der Waals surface area contributed by atoms with Crippen molar-refractivity contribution in [1.82, 2.24) is 5.32 Å². The van der Waals surface area contributed by atoms with Crippen LogP contribution >= 0.6 is 0 Å². The third-order valence-corrected chi connectivity index (χ3v) is 5.31. The Labute approximate surface area is 86.2 Å². The van der Waals surface area contributed by atoms with E-state index >= 15 is 0 Å². The Morgan fingerprint density at radius 3 is 2.43 bits per heavy atom. The van der Waals surface area contributed by atoms with Gasteiger partial charge in [-0.3, -0.25) is 0 Å². The molecule has 1 aliphatic heterocycles. The summed E-state index contributed by atoms with van der Waals surface area (Å²) in [6, 6.07) is 0.563. The smallest absolute Gasteiger partial charge is 0.152 e. The SMILES string of the molecule is CC1(NC2CCCC2)CCS(=O)(=O)C1. The van der Waals surface area contributed by atoms with E-state index in [2.05, 4.69) is 12.2 Å². The number of sulfone groups is 1. The predicted molar refractivity (Wildman–Crippen MR) is 57.1 cm³/mol. The zero-order chi connectivity index (χ0) is 10.2. The largest absolute Gasteiger partial charge is 0.308 e. The Bertz CT molecular complexity index is 306. The Hall–Kier alpha value is -0.0900. The molecule has 4 heteroatoms. The van der Waals surface area contributed by atoms with Crippen molar-refractivity contribution in [2.24, 2.45) is 0 Å². The highest BCUT2D eigenvalue weighted by atomic mass is 32.2. The fraction of sp³-hybridized carbons (Fsp3) is 1.00. The molecular weight excluding hydrogens is 198 g/mol. The minimum absolute atomic E-state index is 0.145.